The van der Waals surface area contributed by atoms with E-state index in [1.165, 1.54) is 4.90 Å². The fraction of sp³-hybridized carbons (Fsp3) is 0.500. The highest BCUT2D eigenvalue weighted by Gasteiger charge is 2.32. The number of fused-ring (bicyclic) bond motifs is 1. The summed E-state index contributed by atoms with van der Waals surface area (Å²) in [5.74, 6) is 0.326. The second-order valence-corrected chi connectivity index (χ2v) is 5.95. The Morgan fingerprint density at radius 2 is 2.04 bits per heavy atom. The number of carbonyl (C=O) groups excluding carboxylic acids is 1. The first-order valence-corrected chi connectivity index (χ1v) is 7.77. The number of hydrogen-bond acceptors (Lipinski definition) is 4. The average molecular weight is 341 g/mol. The van der Waals surface area contributed by atoms with Crippen LogP contribution in [0.15, 0.2) is 22.6 Å². The molecule has 0 saturated carbocycles. The van der Waals surface area contributed by atoms with Gasteiger partial charge in [-0.15, -0.1) is 0 Å². The molecule has 1 aromatic carbocycles. The molecule has 0 aliphatic carbocycles. The summed E-state index contributed by atoms with van der Waals surface area (Å²) in [5.41, 5.74) is 1.67. The Kier molecular flexibility index (Phi) is 4.49. The molecule has 24 heavy (non-hydrogen) atoms. The summed E-state index contributed by atoms with van der Waals surface area (Å²) in [4.78, 5) is 19.7. The minimum atomic E-state index is -4.21. The molecule has 1 amide bonds. The van der Waals surface area contributed by atoms with Crippen molar-refractivity contribution in [3.8, 4) is 0 Å². The quantitative estimate of drug-likeness (QED) is 0.843. The zero-order valence-corrected chi connectivity index (χ0v) is 13.3. The first-order chi connectivity index (χ1) is 11.3. The van der Waals surface area contributed by atoms with Crippen LogP contribution in [0.1, 0.15) is 22.7 Å². The van der Waals surface area contributed by atoms with Gasteiger partial charge in [0, 0.05) is 38.7 Å². The molecule has 0 unspecified atom stereocenters. The van der Waals surface area contributed by atoms with Crippen molar-refractivity contribution in [3.05, 3.63) is 29.7 Å². The Balaban J connectivity index is 1.69. The molecular weight excluding hydrogens is 323 g/mol. The van der Waals surface area contributed by atoms with Crippen molar-refractivity contribution in [2.24, 2.45) is 0 Å². The predicted octanol–water partition coefficient (Wildman–Crippen LogP) is 2.85. The van der Waals surface area contributed by atoms with Gasteiger partial charge in [0.05, 0.1) is 6.54 Å². The lowest BCUT2D eigenvalue weighted by molar-refractivity contribution is -0.145. The fourth-order valence-corrected chi connectivity index (χ4v) is 2.94. The minimum absolute atomic E-state index is 0.195. The number of aryl methyl sites for hydroxylation is 1. The minimum Gasteiger partial charge on any atom is -0.441 e. The van der Waals surface area contributed by atoms with Crippen LogP contribution in [0.5, 0.6) is 0 Å². The van der Waals surface area contributed by atoms with Crippen molar-refractivity contribution in [3.63, 3.8) is 0 Å². The van der Waals surface area contributed by atoms with Crippen molar-refractivity contribution in [1.82, 2.24) is 14.8 Å². The number of aromatic nitrogens is 1. The molecule has 0 bridgehead atoms. The van der Waals surface area contributed by atoms with Crippen LogP contribution in [0.4, 0.5) is 13.2 Å². The Morgan fingerprint density at radius 1 is 1.25 bits per heavy atom. The number of alkyl halides is 3. The van der Waals surface area contributed by atoms with Gasteiger partial charge >= 0.3 is 6.18 Å². The van der Waals surface area contributed by atoms with E-state index in [2.05, 4.69) is 4.98 Å². The number of hydrogen-bond donors (Lipinski definition) is 0. The van der Waals surface area contributed by atoms with Gasteiger partial charge < -0.3 is 9.32 Å². The summed E-state index contributed by atoms with van der Waals surface area (Å²) in [6.07, 6.45) is -3.69. The molecule has 1 aromatic heterocycles. The lowest BCUT2D eigenvalue weighted by Crippen LogP contribution is -2.38. The Hall–Kier alpha value is -2.09. The van der Waals surface area contributed by atoms with E-state index in [1.54, 1.807) is 30.0 Å². The summed E-state index contributed by atoms with van der Waals surface area (Å²) in [7, 11) is 0. The molecule has 0 atom stereocenters. The standard InChI is InChI=1S/C16H18F3N3O2/c1-11-20-13-4-3-12(9-14(13)24-11)15(23)22-6-2-5-21(7-8-22)10-16(17,18)19/h3-4,9H,2,5-8,10H2,1H3. The summed E-state index contributed by atoms with van der Waals surface area (Å²) >= 11 is 0. The molecule has 1 aliphatic rings. The normalized spacial score (nSPS) is 17.2. The maximum absolute atomic E-state index is 12.6. The largest absolute Gasteiger partial charge is 0.441 e. The number of benzene rings is 1. The summed E-state index contributed by atoms with van der Waals surface area (Å²) in [6.45, 7) is 2.07. The summed E-state index contributed by atoms with van der Waals surface area (Å²) in [5, 5.41) is 0. The molecule has 0 N–H and O–H groups in total. The van der Waals surface area contributed by atoms with E-state index in [4.69, 9.17) is 4.42 Å². The second kappa shape index (κ2) is 6.43. The van der Waals surface area contributed by atoms with Gasteiger partial charge in [-0.25, -0.2) is 4.98 Å². The van der Waals surface area contributed by atoms with Gasteiger partial charge in [-0.3, -0.25) is 9.69 Å². The molecule has 1 aliphatic heterocycles. The SMILES string of the molecule is Cc1nc2ccc(C(=O)N3CCCN(CC(F)(F)F)CC3)cc2o1. The molecule has 2 heterocycles. The molecule has 5 nitrogen and oxygen atoms in total. The molecule has 1 fully saturated rings. The lowest BCUT2D eigenvalue weighted by Gasteiger charge is -2.22. The molecule has 130 valence electrons. The van der Waals surface area contributed by atoms with Gasteiger partial charge in [0.1, 0.15) is 5.52 Å². The van der Waals surface area contributed by atoms with Crippen LogP contribution in [0.3, 0.4) is 0 Å². The van der Waals surface area contributed by atoms with Crippen LogP contribution >= 0.6 is 0 Å². The number of rotatable bonds is 2. The van der Waals surface area contributed by atoms with Crippen molar-refractivity contribution in [1.29, 1.82) is 0 Å². The van der Waals surface area contributed by atoms with Crippen LogP contribution in [0.25, 0.3) is 11.1 Å². The van der Waals surface area contributed by atoms with Gasteiger partial charge in [0.15, 0.2) is 11.5 Å². The maximum atomic E-state index is 12.6. The number of nitrogens with zero attached hydrogens (tertiary/aromatic N) is 3. The van der Waals surface area contributed by atoms with E-state index in [0.29, 0.717) is 42.1 Å². The van der Waals surface area contributed by atoms with Gasteiger partial charge in [-0.2, -0.15) is 13.2 Å². The first-order valence-electron chi connectivity index (χ1n) is 7.77. The van der Waals surface area contributed by atoms with E-state index in [9.17, 15) is 18.0 Å². The van der Waals surface area contributed by atoms with Gasteiger partial charge in [-0.05, 0) is 24.6 Å². The highest BCUT2D eigenvalue weighted by atomic mass is 19.4. The van der Waals surface area contributed by atoms with Crippen LogP contribution < -0.4 is 0 Å². The molecule has 1 saturated heterocycles. The van der Waals surface area contributed by atoms with Crippen LogP contribution in [-0.4, -0.2) is 59.6 Å². The molecule has 2 aromatic rings. The third-order valence-corrected chi connectivity index (χ3v) is 4.02. The number of halogens is 3. The molecule has 0 radical (unpaired) electrons. The molecule has 8 heteroatoms. The maximum Gasteiger partial charge on any atom is 0.401 e. The van der Waals surface area contributed by atoms with E-state index < -0.39 is 12.7 Å². The summed E-state index contributed by atoms with van der Waals surface area (Å²) in [6, 6.07) is 5.02. The van der Waals surface area contributed by atoms with Crippen LogP contribution in [0.2, 0.25) is 0 Å². The first kappa shape index (κ1) is 16.8. The number of amides is 1. The Morgan fingerprint density at radius 3 is 2.79 bits per heavy atom. The highest BCUT2D eigenvalue weighted by Crippen LogP contribution is 2.20. The van der Waals surface area contributed by atoms with Gasteiger partial charge in [-0.1, -0.05) is 0 Å². The van der Waals surface area contributed by atoms with E-state index >= 15 is 0 Å². The van der Waals surface area contributed by atoms with Gasteiger partial charge in [0.25, 0.3) is 5.91 Å². The summed E-state index contributed by atoms with van der Waals surface area (Å²) < 4.78 is 42.9. The molecule has 3 rings (SSSR count). The van der Waals surface area contributed by atoms with E-state index in [0.717, 1.165) is 0 Å². The van der Waals surface area contributed by atoms with E-state index in [1.807, 2.05) is 0 Å². The average Bonchev–Trinajstić information content (AvgIpc) is 2.71. The number of oxazole rings is 1. The number of carbonyl (C=O) groups is 1. The lowest BCUT2D eigenvalue weighted by atomic mass is 10.1. The molecule has 0 spiro atoms. The highest BCUT2D eigenvalue weighted by molar-refractivity contribution is 5.97. The van der Waals surface area contributed by atoms with Crippen LogP contribution in [-0.2, 0) is 0 Å². The Labute approximate surface area is 137 Å². The zero-order valence-electron chi connectivity index (χ0n) is 13.3. The molecular formula is C16H18F3N3O2. The van der Waals surface area contributed by atoms with Crippen molar-refractivity contribution < 1.29 is 22.4 Å². The second-order valence-electron chi connectivity index (χ2n) is 5.95. The van der Waals surface area contributed by atoms with Crippen molar-refractivity contribution in [2.75, 3.05) is 32.7 Å². The van der Waals surface area contributed by atoms with Gasteiger partial charge in [0.2, 0.25) is 0 Å². The third-order valence-electron chi connectivity index (χ3n) is 4.02. The fourth-order valence-electron chi connectivity index (χ4n) is 2.94. The topological polar surface area (TPSA) is 49.6 Å². The van der Waals surface area contributed by atoms with Crippen molar-refractivity contribution in [2.45, 2.75) is 19.5 Å². The third kappa shape index (κ3) is 3.87. The zero-order chi connectivity index (χ0) is 17.3. The van der Waals surface area contributed by atoms with E-state index in [-0.39, 0.29) is 19.0 Å². The van der Waals surface area contributed by atoms with Crippen molar-refractivity contribution >= 4 is 17.0 Å². The predicted molar refractivity (Wildman–Crippen MR) is 81.8 cm³/mol. The monoisotopic (exact) mass is 341 g/mol. The smallest absolute Gasteiger partial charge is 0.401 e. The Bertz CT molecular complexity index is 742. The van der Waals surface area contributed by atoms with Crippen LogP contribution in [0, 0.1) is 6.92 Å².